The summed E-state index contributed by atoms with van der Waals surface area (Å²) >= 11 is 5.83. The van der Waals surface area contributed by atoms with Crippen LogP contribution in [0.4, 0.5) is 4.39 Å². The smallest absolute Gasteiger partial charge is 0.129 e. The molecule has 21 heavy (non-hydrogen) atoms. The van der Waals surface area contributed by atoms with E-state index in [0.717, 1.165) is 19.4 Å². The normalized spacial score (nSPS) is 12.4. The lowest BCUT2D eigenvalue weighted by Crippen LogP contribution is -2.22. The van der Waals surface area contributed by atoms with Crippen molar-refractivity contribution in [2.45, 2.75) is 32.7 Å². The zero-order valence-electron chi connectivity index (χ0n) is 12.5. The van der Waals surface area contributed by atoms with Crippen molar-refractivity contribution >= 4 is 11.6 Å². The molecule has 1 atom stereocenters. The molecule has 0 aromatic heterocycles. The van der Waals surface area contributed by atoms with E-state index >= 15 is 0 Å². The van der Waals surface area contributed by atoms with Crippen LogP contribution in [0.5, 0.6) is 0 Å². The summed E-state index contributed by atoms with van der Waals surface area (Å²) in [5.41, 5.74) is 3.29. The number of aryl methyl sites for hydroxylation is 2. The zero-order valence-corrected chi connectivity index (χ0v) is 13.3. The Balaban J connectivity index is 2.14. The number of halogens is 2. The number of hydrogen-bond acceptors (Lipinski definition) is 1. The van der Waals surface area contributed by atoms with E-state index in [0.29, 0.717) is 10.6 Å². The monoisotopic (exact) mass is 305 g/mol. The molecular weight excluding hydrogens is 285 g/mol. The first-order valence-corrected chi connectivity index (χ1v) is 7.72. The van der Waals surface area contributed by atoms with Crippen LogP contribution in [0.15, 0.2) is 42.5 Å². The standard InChI is InChI=1S/C18H21ClFN/c1-3-21-18(16-10-9-15(19)12-17(16)20)11-8-14-7-5-4-6-13(14)2/h4-7,9-10,12,18,21H,3,8,11H2,1-2H3. The van der Waals surface area contributed by atoms with Gasteiger partial charge in [0, 0.05) is 16.6 Å². The molecule has 2 aromatic carbocycles. The fraction of sp³-hybridized carbons (Fsp3) is 0.333. The Morgan fingerprint density at radius 2 is 1.95 bits per heavy atom. The van der Waals surface area contributed by atoms with E-state index < -0.39 is 0 Å². The van der Waals surface area contributed by atoms with Crippen molar-refractivity contribution in [3.63, 3.8) is 0 Å². The Hall–Kier alpha value is -1.38. The fourth-order valence-corrected chi connectivity index (χ4v) is 2.75. The molecule has 2 aromatic rings. The minimum Gasteiger partial charge on any atom is -0.310 e. The molecule has 2 rings (SSSR count). The SMILES string of the molecule is CCNC(CCc1ccccc1C)c1ccc(Cl)cc1F. The maximum absolute atomic E-state index is 14.1. The summed E-state index contributed by atoms with van der Waals surface area (Å²) in [7, 11) is 0. The summed E-state index contributed by atoms with van der Waals surface area (Å²) in [6.45, 7) is 4.95. The molecule has 0 saturated heterocycles. The molecule has 0 aliphatic heterocycles. The lowest BCUT2D eigenvalue weighted by Gasteiger charge is -2.19. The second-order valence-corrected chi connectivity index (χ2v) is 5.68. The second kappa shape index (κ2) is 7.58. The van der Waals surface area contributed by atoms with Gasteiger partial charge in [-0.3, -0.25) is 0 Å². The van der Waals surface area contributed by atoms with E-state index in [9.17, 15) is 4.39 Å². The predicted molar refractivity (Wildman–Crippen MR) is 87.3 cm³/mol. The van der Waals surface area contributed by atoms with E-state index in [2.05, 4.69) is 24.4 Å². The van der Waals surface area contributed by atoms with Crippen LogP contribution in [0.25, 0.3) is 0 Å². The van der Waals surface area contributed by atoms with E-state index in [-0.39, 0.29) is 11.9 Å². The third kappa shape index (κ3) is 4.29. The quantitative estimate of drug-likeness (QED) is 0.785. The first-order chi connectivity index (χ1) is 10.1. The molecule has 1 nitrogen and oxygen atoms in total. The van der Waals surface area contributed by atoms with Gasteiger partial charge >= 0.3 is 0 Å². The molecule has 0 aliphatic rings. The molecule has 0 aliphatic carbocycles. The third-order valence-corrected chi connectivity index (χ3v) is 3.99. The minimum atomic E-state index is -0.238. The van der Waals surface area contributed by atoms with Gasteiger partial charge in [0.05, 0.1) is 0 Å². The van der Waals surface area contributed by atoms with Crippen molar-refractivity contribution in [2.75, 3.05) is 6.54 Å². The molecule has 3 heteroatoms. The third-order valence-electron chi connectivity index (χ3n) is 3.75. The van der Waals surface area contributed by atoms with Crippen LogP contribution < -0.4 is 5.32 Å². The minimum absolute atomic E-state index is 0.00636. The van der Waals surface area contributed by atoms with Gasteiger partial charge in [-0.25, -0.2) is 4.39 Å². The van der Waals surface area contributed by atoms with Crippen molar-refractivity contribution in [1.29, 1.82) is 0 Å². The van der Waals surface area contributed by atoms with Gasteiger partial charge < -0.3 is 5.32 Å². The molecule has 0 bridgehead atoms. The summed E-state index contributed by atoms with van der Waals surface area (Å²) in [6, 6.07) is 13.3. The Kier molecular flexibility index (Phi) is 5.77. The lowest BCUT2D eigenvalue weighted by molar-refractivity contribution is 0.485. The van der Waals surface area contributed by atoms with Crippen LogP contribution in [0, 0.1) is 12.7 Å². The molecule has 1 unspecified atom stereocenters. The molecule has 0 amide bonds. The van der Waals surface area contributed by atoms with Crippen LogP contribution in [0.1, 0.15) is 36.1 Å². The lowest BCUT2D eigenvalue weighted by atomic mass is 9.96. The van der Waals surface area contributed by atoms with E-state index in [1.54, 1.807) is 12.1 Å². The highest BCUT2D eigenvalue weighted by Crippen LogP contribution is 2.25. The summed E-state index contributed by atoms with van der Waals surface area (Å²) in [5, 5.41) is 3.80. The van der Waals surface area contributed by atoms with E-state index in [1.165, 1.54) is 17.2 Å². The maximum atomic E-state index is 14.1. The molecule has 0 spiro atoms. The topological polar surface area (TPSA) is 12.0 Å². The summed E-state index contributed by atoms with van der Waals surface area (Å²) in [6.07, 6.45) is 1.78. The highest BCUT2D eigenvalue weighted by Gasteiger charge is 2.15. The Bertz CT molecular complexity index is 598. The van der Waals surface area contributed by atoms with Crippen molar-refractivity contribution in [1.82, 2.24) is 5.32 Å². The van der Waals surface area contributed by atoms with Crippen molar-refractivity contribution in [2.24, 2.45) is 0 Å². The molecule has 0 radical (unpaired) electrons. The highest BCUT2D eigenvalue weighted by molar-refractivity contribution is 6.30. The van der Waals surface area contributed by atoms with Crippen LogP contribution >= 0.6 is 11.6 Å². The van der Waals surface area contributed by atoms with Gasteiger partial charge in [0.2, 0.25) is 0 Å². The van der Waals surface area contributed by atoms with Crippen LogP contribution in [0.2, 0.25) is 5.02 Å². The van der Waals surface area contributed by atoms with Gasteiger partial charge in [-0.05, 0) is 49.6 Å². The van der Waals surface area contributed by atoms with Gasteiger partial charge in [0.25, 0.3) is 0 Å². The molecule has 0 saturated carbocycles. The molecule has 0 fully saturated rings. The largest absolute Gasteiger partial charge is 0.310 e. The van der Waals surface area contributed by atoms with Crippen LogP contribution in [0.3, 0.4) is 0 Å². The Labute approximate surface area is 131 Å². The van der Waals surface area contributed by atoms with Crippen molar-refractivity contribution < 1.29 is 4.39 Å². The Morgan fingerprint density at radius 3 is 2.62 bits per heavy atom. The molecule has 112 valence electrons. The number of hydrogen-bond donors (Lipinski definition) is 1. The average molecular weight is 306 g/mol. The highest BCUT2D eigenvalue weighted by atomic mass is 35.5. The summed E-state index contributed by atoms with van der Waals surface area (Å²) in [4.78, 5) is 0. The summed E-state index contributed by atoms with van der Waals surface area (Å²) in [5.74, 6) is -0.238. The first-order valence-electron chi connectivity index (χ1n) is 7.34. The predicted octanol–water partition coefficient (Wildman–Crippen LogP) is 5.07. The van der Waals surface area contributed by atoms with Crippen LogP contribution in [-0.2, 0) is 6.42 Å². The molecular formula is C18H21ClFN. The number of rotatable bonds is 6. The molecule has 0 heterocycles. The van der Waals surface area contributed by atoms with Gasteiger partial charge in [-0.2, -0.15) is 0 Å². The Morgan fingerprint density at radius 1 is 1.19 bits per heavy atom. The zero-order chi connectivity index (χ0) is 15.2. The van der Waals surface area contributed by atoms with E-state index in [1.807, 2.05) is 19.1 Å². The van der Waals surface area contributed by atoms with E-state index in [4.69, 9.17) is 11.6 Å². The molecule has 1 N–H and O–H groups in total. The average Bonchev–Trinajstić information content (AvgIpc) is 2.45. The number of benzene rings is 2. The summed E-state index contributed by atoms with van der Waals surface area (Å²) < 4.78 is 14.1. The van der Waals surface area contributed by atoms with Gasteiger partial charge in [0.15, 0.2) is 0 Å². The first kappa shape index (κ1) is 16.0. The fourth-order valence-electron chi connectivity index (χ4n) is 2.59. The van der Waals surface area contributed by atoms with Crippen molar-refractivity contribution in [3.8, 4) is 0 Å². The maximum Gasteiger partial charge on any atom is 0.129 e. The van der Waals surface area contributed by atoms with Gasteiger partial charge in [0.1, 0.15) is 5.82 Å². The van der Waals surface area contributed by atoms with Gasteiger partial charge in [-0.15, -0.1) is 0 Å². The van der Waals surface area contributed by atoms with Gasteiger partial charge in [-0.1, -0.05) is 48.9 Å². The van der Waals surface area contributed by atoms with Crippen molar-refractivity contribution in [3.05, 3.63) is 70.0 Å². The number of nitrogens with one attached hydrogen (secondary N) is 1. The van der Waals surface area contributed by atoms with Crippen LogP contribution in [-0.4, -0.2) is 6.54 Å². The second-order valence-electron chi connectivity index (χ2n) is 5.24.